The van der Waals surface area contributed by atoms with E-state index in [0.29, 0.717) is 19.1 Å². The third-order valence-electron chi connectivity index (χ3n) is 6.90. The van der Waals surface area contributed by atoms with E-state index in [2.05, 4.69) is 19.9 Å². The quantitative estimate of drug-likeness (QED) is 0.432. The van der Waals surface area contributed by atoms with Crippen molar-refractivity contribution in [2.75, 3.05) is 0 Å². The van der Waals surface area contributed by atoms with Crippen LogP contribution in [0.5, 0.6) is 0 Å². The van der Waals surface area contributed by atoms with Crippen molar-refractivity contribution in [1.82, 2.24) is 0 Å². The Morgan fingerprint density at radius 2 is 1.96 bits per heavy atom. The van der Waals surface area contributed by atoms with Crippen molar-refractivity contribution in [3.05, 3.63) is 23.3 Å². The van der Waals surface area contributed by atoms with Crippen LogP contribution in [0.15, 0.2) is 23.3 Å². The molecule has 2 aliphatic carbocycles. The zero-order valence-electron chi connectivity index (χ0n) is 15.2. The van der Waals surface area contributed by atoms with E-state index in [9.17, 15) is 24.6 Å². The highest BCUT2D eigenvalue weighted by Crippen LogP contribution is 2.62. The number of carboxylic acids is 2. The van der Waals surface area contributed by atoms with Crippen molar-refractivity contribution in [2.24, 2.45) is 22.7 Å². The number of aliphatic carboxylic acids is 2. The molecule has 5 heteroatoms. The Morgan fingerprint density at radius 3 is 2.52 bits per heavy atom. The minimum absolute atomic E-state index is 0.0310. The van der Waals surface area contributed by atoms with Crippen LogP contribution in [-0.4, -0.2) is 28.4 Å². The van der Waals surface area contributed by atoms with E-state index in [1.165, 1.54) is 5.57 Å². The molecular weight excluding hydrogens is 320 g/mol. The molecule has 5 nitrogen and oxygen atoms in total. The minimum atomic E-state index is -1.11. The SMILES string of the molecule is CC1=CCC[C@@H]2[C@@](C)(CC/C(=C/C=O)C(=O)O)[C@H](C(=O)O)CC[C@@]12C. The molecule has 0 aliphatic heterocycles. The lowest BCUT2D eigenvalue weighted by Crippen LogP contribution is -2.52. The Bertz CT molecular complexity index is 632. The Labute approximate surface area is 148 Å². The Morgan fingerprint density at radius 1 is 1.28 bits per heavy atom. The predicted molar refractivity (Wildman–Crippen MR) is 94.1 cm³/mol. The van der Waals surface area contributed by atoms with Gasteiger partial charge in [-0.15, -0.1) is 0 Å². The highest BCUT2D eigenvalue weighted by atomic mass is 16.4. The van der Waals surface area contributed by atoms with Crippen LogP contribution in [-0.2, 0) is 14.4 Å². The van der Waals surface area contributed by atoms with Gasteiger partial charge in [-0.2, -0.15) is 0 Å². The van der Waals surface area contributed by atoms with Crippen LogP contribution >= 0.6 is 0 Å². The van der Waals surface area contributed by atoms with Gasteiger partial charge < -0.3 is 10.2 Å². The van der Waals surface area contributed by atoms with Crippen LogP contribution in [0.2, 0.25) is 0 Å². The monoisotopic (exact) mass is 348 g/mol. The van der Waals surface area contributed by atoms with Crippen molar-refractivity contribution in [3.63, 3.8) is 0 Å². The maximum absolute atomic E-state index is 11.9. The van der Waals surface area contributed by atoms with Crippen molar-refractivity contribution in [3.8, 4) is 0 Å². The van der Waals surface area contributed by atoms with Gasteiger partial charge in [-0.1, -0.05) is 25.5 Å². The molecule has 4 atom stereocenters. The second-order valence-electron chi connectivity index (χ2n) is 8.00. The highest BCUT2D eigenvalue weighted by molar-refractivity contribution is 5.91. The lowest BCUT2D eigenvalue weighted by atomic mass is 9.46. The number of hydrogen-bond acceptors (Lipinski definition) is 3. The molecule has 2 rings (SSSR count). The molecule has 0 amide bonds. The molecule has 0 bridgehead atoms. The van der Waals surface area contributed by atoms with E-state index in [4.69, 9.17) is 0 Å². The smallest absolute Gasteiger partial charge is 0.331 e. The maximum Gasteiger partial charge on any atom is 0.331 e. The van der Waals surface area contributed by atoms with Gasteiger partial charge in [0.1, 0.15) is 6.29 Å². The van der Waals surface area contributed by atoms with Crippen LogP contribution in [0.3, 0.4) is 0 Å². The third kappa shape index (κ3) is 3.42. The molecule has 2 aliphatic rings. The average molecular weight is 348 g/mol. The van der Waals surface area contributed by atoms with Gasteiger partial charge in [0.15, 0.2) is 0 Å². The predicted octanol–water partition coefficient (Wildman–Crippen LogP) is 3.84. The normalized spacial score (nSPS) is 35.5. The van der Waals surface area contributed by atoms with Crippen LogP contribution < -0.4 is 0 Å². The van der Waals surface area contributed by atoms with E-state index in [1.54, 1.807) is 0 Å². The lowest BCUT2D eigenvalue weighted by molar-refractivity contribution is -0.156. The summed E-state index contributed by atoms with van der Waals surface area (Å²) in [7, 11) is 0. The van der Waals surface area contributed by atoms with Crippen LogP contribution in [0.1, 0.15) is 59.3 Å². The molecule has 0 aromatic rings. The van der Waals surface area contributed by atoms with E-state index in [-0.39, 0.29) is 23.3 Å². The highest BCUT2D eigenvalue weighted by Gasteiger charge is 2.56. The van der Waals surface area contributed by atoms with Gasteiger partial charge >= 0.3 is 11.9 Å². The molecule has 1 fully saturated rings. The molecule has 0 saturated heterocycles. The fourth-order valence-electron chi connectivity index (χ4n) is 5.24. The standard InChI is InChI=1S/C20H28O5/c1-13-5-4-6-16-19(13,2)11-8-15(18(24)25)20(16,3)10-7-14(9-12-21)17(22)23/h5,9,12,15-16H,4,6-8,10-11H2,1-3H3,(H,22,23)(H,24,25)/b14-9-/t15-,16-,19-,20-/m0/s1. The van der Waals surface area contributed by atoms with Gasteiger partial charge in [-0.3, -0.25) is 9.59 Å². The van der Waals surface area contributed by atoms with Crippen LogP contribution in [0.25, 0.3) is 0 Å². The molecule has 0 aromatic heterocycles. The zero-order chi connectivity index (χ0) is 18.8. The number of carbonyl (C=O) groups excluding carboxylic acids is 1. The first kappa shape index (κ1) is 19.4. The molecule has 0 unspecified atom stereocenters. The molecule has 0 spiro atoms. The minimum Gasteiger partial charge on any atom is -0.481 e. The Hall–Kier alpha value is -1.91. The lowest BCUT2D eigenvalue weighted by Gasteiger charge is -2.57. The Balaban J connectivity index is 2.38. The summed E-state index contributed by atoms with van der Waals surface area (Å²) in [5.74, 6) is -2.19. The second-order valence-corrected chi connectivity index (χ2v) is 8.00. The number of allylic oxidation sites excluding steroid dienone is 3. The van der Waals surface area contributed by atoms with Crippen molar-refractivity contribution in [2.45, 2.75) is 59.3 Å². The first-order valence-electron chi connectivity index (χ1n) is 8.94. The van der Waals surface area contributed by atoms with E-state index in [1.807, 2.05) is 6.92 Å². The fraction of sp³-hybridized carbons (Fsp3) is 0.650. The zero-order valence-corrected chi connectivity index (χ0v) is 15.2. The Kier molecular flexibility index (Phi) is 5.55. The number of fused-ring (bicyclic) bond motifs is 1. The summed E-state index contributed by atoms with van der Waals surface area (Å²) in [6.07, 6.45) is 7.80. The summed E-state index contributed by atoms with van der Waals surface area (Å²) >= 11 is 0. The summed E-state index contributed by atoms with van der Waals surface area (Å²) in [6.45, 7) is 6.35. The summed E-state index contributed by atoms with van der Waals surface area (Å²) in [5.41, 5.74) is 0.846. The maximum atomic E-state index is 11.9. The van der Waals surface area contributed by atoms with Crippen molar-refractivity contribution in [1.29, 1.82) is 0 Å². The van der Waals surface area contributed by atoms with E-state index < -0.39 is 23.3 Å². The van der Waals surface area contributed by atoms with Gasteiger partial charge in [0.05, 0.1) is 5.92 Å². The third-order valence-corrected chi connectivity index (χ3v) is 6.90. The number of aldehydes is 1. The fourth-order valence-corrected chi connectivity index (χ4v) is 5.24. The molecule has 1 saturated carbocycles. The van der Waals surface area contributed by atoms with E-state index in [0.717, 1.165) is 25.3 Å². The molecular formula is C20H28O5. The summed E-state index contributed by atoms with van der Waals surface area (Å²) in [5, 5.41) is 19.1. The number of rotatable bonds is 6. The number of hydrogen-bond donors (Lipinski definition) is 2. The topological polar surface area (TPSA) is 91.7 Å². The van der Waals surface area contributed by atoms with Crippen LogP contribution in [0.4, 0.5) is 0 Å². The average Bonchev–Trinajstić information content (AvgIpc) is 2.53. The molecule has 0 aromatic carbocycles. The van der Waals surface area contributed by atoms with Crippen molar-refractivity contribution < 1.29 is 24.6 Å². The largest absolute Gasteiger partial charge is 0.481 e. The van der Waals surface area contributed by atoms with Crippen molar-refractivity contribution >= 4 is 18.2 Å². The first-order chi connectivity index (χ1) is 11.7. The summed E-state index contributed by atoms with van der Waals surface area (Å²) in [6, 6.07) is 0. The van der Waals surface area contributed by atoms with Gasteiger partial charge in [-0.05, 0) is 68.3 Å². The molecule has 2 N–H and O–H groups in total. The molecule has 25 heavy (non-hydrogen) atoms. The first-order valence-corrected chi connectivity index (χ1v) is 8.94. The van der Waals surface area contributed by atoms with Crippen LogP contribution in [0, 0.1) is 22.7 Å². The molecule has 138 valence electrons. The number of carboxylic acid groups (broad SMARTS) is 2. The van der Waals surface area contributed by atoms with Gasteiger partial charge in [0.2, 0.25) is 0 Å². The summed E-state index contributed by atoms with van der Waals surface area (Å²) < 4.78 is 0. The molecule has 0 radical (unpaired) electrons. The summed E-state index contributed by atoms with van der Waals surface area (Å²) in [4.78, 5) is 34.0. The number of carbonyl (C=O) groups is 3. The van der Waals surface area contributed by atoms with Gasteiger partial charge in [-0.25, -0.2) is 4.79 Å². The second kappa shape index (κ2) is 7.14. The van der Waals surface area contributed by atoms with E-state index >= 15 is 0 Å². The molecule has 0 heterocycles. The van der Waals surface area contributed by atoms with Gasteiger partial charge in [0.25, 0.3) is 0 Å². The van der Waals surface area contributed by atoms with Gasteiger partial charge in [0, 0.05) is 5.57 Å².